The number of azo groups is 1. The van der Waals surface area contributed by atoms with Gasteiger partial charge in [-0.05, 0) is 34.6 Å². The van der Waals surface area contributed by atoms with E-state index in [-0.39, 0.29) is 16.6 Å². The van der Waals surface area contributed by atoms with Crippen LogP contribution in [0.5, 0.6) is 17.2 Å². The third-order valence-corrected chi connectivity index (χ3v) is 4.42. The van der Waals surface area contributed by atoms with Crippen molar-refractivity contribution in [3.05, 3.63) is 41.5 Å². The van der Waals surface area contributed by atoms with Crippen LogP contribution >= 0.6 is 0 Å². The Bertz CT molecular complexity index is 844. The molecule has 0 aliphatic heterocycles. The van der Waals surface area contributed by atoms with Gasteiger partial charge in [0.05, 0.1) is 14.2 Å². The molecule has 0 saturated carbocycles. The zero-order chi connectivity index (χ0) is 20.4. The monoisotopic (exact) mass is 370 g/mol. The van der Waals surface area contributed by atoms with Gasteiger partial charge in [0, 0.05) is 11.6 Å². The summed E-state index contributed by atoms with van der Waals surface area (Å²) >= 11 is 0. The maximum absolute atomic E-state index is 10.8. The van der Waals surface area contributed by atoms with Crippen LogP contribution in [0.4, 0.5) is 11.4 Å². The summed E-state index contributed by atoms with van der Waals surface area (Å²) in [6, 6.07) is 9.27. The van der Waals surface area contributed by atoms with Gasteiger partial charge in [0.15, 0.2) is 0 Å². The van der Waals surface area contributed by atoms with E-state index < -0.39 is 0 Å². The number of ether oxygens (including phenoxy) is 2. The second-order valence-corrected chi connectivity index (χ2v) is 8.63. The van der Waals surface area contributed by atoms with Gasteiger partial charge in [-0.1, -0.05) is 47.6 Å². The van der Waals surface area contributed by atoms with E-state index in [1.165, 1.54) is 0 Å². The summed E-state index contributed by atoms with van der Waals surface area (Å²) in [6.07, 6.45) is 0. The van der Waals surface area contributed by atoms with Crippen LogP contribution in [0.25, 0.3) is 0 Å². The van der Waals surface area contributed by atoms with Gasteiger partial charge in [-0.25, -0.2) is 0 Å². The Morgan fingerprint density at radius 1 is 0.778 bits per heavy atom. The maximum Gasteiger partial charge on any atom is 0.146 e. The SMILES string of the molecule is COc1ccc(OC)c(N=Nc2cc(C(C)(C)C)cc(C(C)(C)C)c2O)c1. The van der Waals surface area contributed by atoms with E-state index in [1.54, 1.807) is 32.4 Å². The van der Waals surface area contributed by atoms with Crippen molar-refractivity contribution in [3.63, 3.8) is 0 Å². The van der Waals surface area contributed by atoms with Gasteiger partial charge >= 0.3 is 0 Å². The van der Waals surface area contributed by atoms with Gasteiger partial charge in [0.25, 0.3) is 0 Å². The van der Waals surface area contributed by atoms with E-state index in [0.717, 1.165) is 11.1 Å². The summed E-state index contributed by atoms with van der Waals surface area (Å²) in [7, 11) is 3.17. The van der Waals surface area contributed by atoms with Gasteiger partial charge < -0.3 is 14.6 Å². The number of hydrogen-bond donors (Lipinski definition) is 1. The zero-order valence-corrected chi connectivity index (χ0v) is 17.5. The first-order chi connectivity index (χ1) is 12.5. The van der Waals surface area contributed by atoms with Crippen molar-refractivity contribution in [3.8, 4) is 17.2 Å². The molecule has 146 valence electrons. The van der Waals surface area contributed by atoms with Crippen molar-refractivity contribution in [2.75, 3.05) is 14.2 Å². The number of hydrogen-bond acceptors (Lipinski definition) is 5. The minimum Gasteiger partial charge on any atom is -0.505 e. The highest BCUT2D eigenvalue weighted by Gasteiger charge is 2.25. The fourth-order valence-corrected chi connectivity index (χ4v) is 2.68. The molecule has 0 aromatic heterocycles. The smallest absolute Gasteiger partial charge is 0.146 e. The molecule has 1 N–H and O–H groups in total. The van der Waals surface area contributed by atoms with Crippen LogP contribution in [0, 0.1) is 0 Å². The number of phenolic OH excluding ortho intramolecular Hbond substituents is 1. The zero-order valence-electron chi connectivity index (χ0n) is 17.5. The Balaban J connectivity index is 2.60. The quantitative estimate of drug-likeness (QED) is 0.632. The third kappa shape index (κ3) is 4.79. The average molecular weight is 370 g/mol. The standard InChI is InChI=1S/C22H30N2O3/c1-21(2,3)14-11-16(22(4,5)6)20(25)18(12-14)24-23-17-13-15(26-7)9-10-19(17)27-8/h9-13,25H,1-8H3. The first kappa shape index (κ1) is 20.7. The van der Waals surface area contributed by atoms with Crippen LogP contribution in [0.1, 0.15) is 52.7 Å². The maximum atomic E-state index is 10.8. The molecule has 5 heteroatoms. The number of methoxy groups -OCH3 is 2. The van der Waals surface area contributed by atoms with Gasteiger partial charge in [0.2, 0.25) is 0 Å². The van der Waals surface area contributed by atoms with Crippen LogP contribution < -0.4 is 9.47 Å². The molecule has 5 nitrogen and oxygen atoms in total. The highest BCUT2D eigenvalue weighted by Crippen LogP contribution is 2.42. The normalized spacial score (nSPS) is 12.4. The minimum atomic E-state index is -0.219. The summed E-state index contributed by atoms with van der Waals surface area (Å²) < 4.78 is 10.6. The molecular weight excluding hydrogens is 340 g/mol. The number of nitrogens with zero attached hydrogens (tertiary/aromatic N) is 2. The predicted molar refractivity (Wildman–Crippen MR) is 109 cm³/mol. The molecular formula is C22H30N2O3. The molecule has 0 saturated heterocycles. The molecule has 0 amide bonds. The van der Waals surface area contributed by atoms with E-state index in [9.17, 15) is 5.11 Å². The third-order valence-electron chi connectivity index (χ3n) is 4.42. The second kappa shape index (κ2) is 7.59. The lowest BCUT2D eigenvalue weighted by Gasteiger charge is -2.26. The van der Waals surface area contributed by atoms with Crippen molar-refractivity contribution in [2.24, 2.45) is 10.2 Å². The van der Waals surface area contributed by atoms with E-state index in [2.05, 4.69) is 57.8 Å². The Labute approximate surface area is 162 Å². The van der Waals surface area contributed by atoms with Crippen molar-refractivity contribution in [1.29, 1.82) is 0 Å². The molecule has 27 heavy (non-hydrogen) atoms. The topological polar surface area (TPSA) is 63.4 Å². The molecule has 2 aromatic rings. The summed E-state index contributed by atoms with van der Waals surface area (Å²) in [5.74, 6) is 1.40. The number of phenols is 1. The van der Waals surface area contributed by atoms with Crippen LogP contribution in [0.2, 0.25) is 0 Å². The second-order valence-electron chi connectivity index (χ2n) is 8.63. The lowest BCUT2D eigenvalue weighted by molar-refractivity contribution is 0.404. The fourth-order valence-electron chi connectivity index (χ4n) is 2.68. The summed E-state index contributed by atoms with van der Waals surface area (Å²) in [5, 5.41) is 19.5. The van der Waals surface area contributed by atoms with E-state index in [1.807, 2.05) is 6.07 Å². The van der Waals surface area contributed by atoms with Crippen LogP contribution in [0.3, 0.4) is 0 Å². The molecule has 0 atom stereocenters. The predicted octanol–water partition coefficient (Wildman–Crippen LogP) is 6.42. The summed E-state index contributed by atoms with van der Waals surface area (Å²) in [4.78, 5) is 0. The molecule has 2 aromatic carbocycles. The first-order valence-electron chi connectivity index (χ1n) is 8.99. The molecule has 2 rings (SSSR count). The number of benzene rings is 2. The Kier molecular flexibility index (Phi) is 5.83. The Hall–Kier alpha value is -2.56. The Morgan fingerprint density at radius 3 is 1.93 bits per heavy atom. The molecule has 0 spiro atoms. The van der Waals surface area contributed by atoms with Gasteiger partial charge in [-0.2, -0.15) is 0 Å². The Morgan fingerprint density at radius 2 is 1.41 bits per heavy atom. The lowest BCUT2D eigenvalue weighted by atomic mass is 9.80. The number of rotatable bonds is 4. The molecule has 0 heterocycles. The summed E-state index contributed by atoms with van der Waals surface area (Å²) in [5.41, 5.74) is 2.62. The minimum absolute atomic E-state index is 0.0778. The molecule has 0 radical (unpaired) electrons. The molecule has 0 aliphatic carbocycles. The molecule has 0 unspecified atom stereocenters. The van der Waals surface area contributed by atoms with E-state index in [4.69, 9.17) is 9.47 Å². The summed E-state index contributed by atoms with van der Waals surface area (Å²) in [6.45, 7) is 12.6. The molecule has 0 fully saturated rings. The molecule has 0 aliphatic rings. The van der Waals surface area contributed by atoms with Gasteiger partial charge in [-0.3, -0.25) is 0 Å². The van der Waals surface area contributed by atoms with E-state index in [0.29, 0.717) is 22.9 Å². The van der Waals surface area contributed by atoms with Crippen molar-refractivity contribution in [2.45, 2.75) is 52.4 Å². The van der Waals surface area contributed by atoms with Gasteiger partial charge in [0.1, 0.15) is 28.6 Å². The fraction of sp³-hybridized carbons (Fsp3) is 0.455. The highest BCUT2D eigenvalue weighted by molar-refractivity contribution is 5.61. The molecule has 0 bridgehead atoms. The van der Waals surface area contributed by atoms with Crippen molar-refractivity contribution in [1.82, 2.24) is 0 Å². The van der Waals surface area contributed by atoms with Gasteiger partial charge in [-0.15, -0.1) is 10.2 Å². The first-order valence-corrected chi connectivity index (χ1v) is 8.99. The van der Waals surface area contributed by atoms with Crippen LogP contribution in [-0.2, 0) is 10.8 Å². The van der Waals surface area contributed by atoms with Crippen LogP contribution in [0.15, 0.2) is 40.6 Å². The highest BCUT2D eigenvalue weighted by atomic mass is 16.5. The van der Waals surface area contributed by atoms with Crippen molar-refractivity contribution < 1.29 is 14.6 Å². The lowest BCUT2D eigenvalue weighted by Crippen LogP contribution is -2.16. The number of aromatic hydroxyl groups is 1. The van der Waals surface area contributed by atoms with E-state index >= 15 is 0 Å². The van der Waals surface area contributed by atoms with Crippen LogP contribution in [-0.4, -0.2) is 19.3 Å². The van der Waals surface area contributed by atoms with Crippen molar-refractivity contribution >= 4 is 11.4 Å². The average Bonchev–Trinajstić information content (AvgIpc) is 2.58. The largest absolute Gasteiger partial charge is 0.505 e.